The summed E-state index contributed by atoms with van der Waals surface area (Å²) in [6.45, 7) is 4.54. The highest BCUT2D eigenvalue weighted by Crippen LogP contribution is 2.37. The first-order valence-electron chi connectivity index (χ1n) is 7.28. The summed E-state index contributed by atoms with van der Waals surface area (Å²) in [7, 11) is -3.64. The first-order valence-corrected chi connectivity index (χ1v) is 9.14. The number of nitrogens with zero attached hydrogens (tertiary/aromatic N) is 1. The third-order valence-electron chi connectivity index (χ3n) is 4.34. The minimum Gasteiger partial charge on any atom is -0.384 e. The van der Waals surface area contributed by atoms with Crippen LogP contribution >= 0.6 is 11.6 Å². The van der Waals surface area contributed by atoms with E-state index in [0.29, 0.717) is 16.8 Å². The lowest BCUT2D eigenvalue weighted by molar-refractivity contribution is 0.594. The van der Waals surface area contributed by atoms with Crippen LogP contribution in [-0.4, -0.2) is 13.0 Å². The summed E-state index contributed by atoms with van der Waals surface area (Å²) in [6.07, 6.45) is 2.38. The molecule has 0 unspecified atom stereocenters. The molecule has 6 heteroatoms. The molecule has 0 amide bonds. The van der Waals surface area contributed by atoms with Gasteiger partial charge in [0, 0.05) is 17.3 Å². The van der Waals surface area contributed by atoms with Crippen molar-refractivity contribution in [3.05, 3.63) is 40.5 Å². The van der Waals surface area contributed by atoms with Gasteiger partial charge in [-0.1, -0.05) is 11.6 Å². The fourth-order valence-corrected chi connectivity index (χ4v) is 4.52. The van der Waals surface area contributed by atoms with Gasteiger partial charge in [-0.2, -0.15) is 0 Å². The molecule has 0 radical (unpaired) electrons. The second-order valence-electron chi connectivity index (χ2n) is 5.94. The van der Waals surface area contributed by atoms with E-state index in [1.165, 1.54) is 25.0 Å². The fourth-order valence-electron chi connectivity index (χ4n) is 2.73. The average molecular weight is 339 g/mol. The van der Waals surface area contributed by atoms with Gasteiger partial charge in [0.15, 0.2) is 0 Å². The summed E-state index contributed by atoms with van der Waals surface area (Å²) in [5, 5.41) is 0.506. The van der Waals surface area contributed by atoms with Crippen LogP contribution in [0.15, 0.2) is 34.1 Å². The van der Waals surface area contributed by atoms with E-state index in [0.717, 1.165) is 17.8 Å². The van der Waals surface area contributed by atoms with Crippen molar-refractivity contribution in [1.29, 1.82) is 0 Å². The molecular weight excluding hydrogens is 320 g/mol. The average Bonchev–Trinajstić information content (AvgIpc) is 3.24. The molecular formula is C16H19ClN2O2S. The van der Waals surface area contributed by atoms with Gasteiger partial charge in [-0.3, -0.25) is 0 Å². The molecule has 1 aliphatic carbocycles. The molecule has 1 aliphatic rings. The Kier molecular flexibility index (Phi) is 3.73. The van der Waals surface area contributed by atoms with Crippen molar-refractivity contribution in [3.8, 4) is 0 Å². The zero-order valence-electron chi connectivity index (χ0n) is 12.6. The lowest BCUT2D eigenvalue weighted by Crippen LogP contribution is -2.09. The molecule has 2 N–H and O–H groups in total. The van der Waals surface area contributed by atoms with E-state index in [9.17, 15) is 8.42 Å². The smallest absolute Gasteiger partial charge is 0.210 e. The highest BCUT2D eigenvalue weighted by molar-refractivity contribution is 7.91. The van der Waals surface area contributed by atoms with Crippen LogP contribution in [0, 0.1) is 19.8 Å². The minimum absolute atomic E-state index is 0.218. The molecule has 0 spiro atoms. The Labute approximate surface area is 135 Å². The van der Waals surface area contributed by atoms with E-state index in [-0.39, 0.29) is 9.79 Å². The number of nitrogens with two attached hydrogens (primary N) is 1. The van der Waals surface area contributed by atoms with Crippen LogP contribution in [-0.2, 0) is 16.4 Å². The Bertz CT molecular complexity index is 819. The van der Waals surface area contributed by atoms with E-state index in [1.54, 1.807) is 12.1 Å². The summed E-state index contributed by atoms with van der Waals surface area (Å²) in [6, 6.07) is 6.19. The Balaban J connectivity index is 2.12. The summed E-state index contributed by atoms with van der Waals surface area (Å²) >= 11 is 5.84. The molecule has 4 nitrogen and oxygen atoms in total. The topological polar surface area (TPSA) is 65.1 Å². The number of benzene rings is 1. The molecule has 1 fully saturated rings. The summed E-state index contributed by atoms with van der Waals surface area (Å²) < 4.78 is 27.8. The first kappa shape index (κ1) is 15.4. The van der Waals surface area contributed by atoms with Crippen molar-refractivity contribution in [1.82, 2.24) is 4.57 Å². The predicted molar refractivity (Wildman–Crippen MR) is 87.9 cm³/mol. The molecule has 1 aromatic heterocycles. The van der Waals surface area contributed by atoms with Gasteiger partial charge in [-0.25, -0.2) is 8.42 Å². The van der Waals surface area contributed by atoms with Crippen LogP contribution in [0.4, 0.5) is 5.82 Å². The Morgan fingerprint density at radius 3 is 2.36 bits per heavy atom. The zero-order valence-corrected chi connectivity index (χ0v) is 14.2. The minimum atomic E-state index is -3.64. The Hall–Kier alpha value is -1.46. The SMILES string of the molecule is Cc1c(S(=O)(=O)c2ccc(Cl)cc2)c(N)n(CC2CC2)c1C. The van der Waals surface area contributed by atoms with Gasteiger partial charge in [-0.15, -0.1) is 0 Å². The lowest BCUT2D eigenvalue weighted by atomic mass is 10.3. The largest absolute Gasteiger partial charge is 0.384 e. The number of nitrogen functional groups attached to an aromatic ring is 1. The highest BCUT2D eigenvalue weighted by Gasteiger charge is 2.30. The quantitative estimate of drug-likeness (QED) is 0.926. The number of rotatable bonds is 4. The number of halogens is 1. The maximum absolute atomic E-state index is 12.9. The molecule has 1 saturated carbocycles. The van der Waals surface area contributed by atoms with Gasteiger partial charge in [0.25, 0.3) is 0 Å². The van der Waals surface area contributed by atoms with Crippen molar-refractivity contribution in [2.45, 2.75) is 43.0 Å². The van der Waals surface area contributed by atoms with Crippen LogP contribution < -0.4 is 5.73 Å². The maximum Gasteiger partial charge on any atom is 0.210 e. The number of hydrogen-bond acceptors (Lipinski definition) is 3. The molecule has 0 bridgehead atoms. The van der Waals surface area contributed by atoms with Crippen LogP contribution in [0.25, 0.3) is 0 Å². The molecule has 1 heterocycles. The summed E-state index contributed by atoms with van der Waals surface area (Å²) in [5.41, 5.74) is 7.85. The van der Waals surface area contributed by atoms with E-state index < -0.39 is 9.84 Å². The van der Waals surface area contributed by atoms with Crippen molar-refractivity contribution in [2.24, 2.45) is 5.92 Å². The van der Waals surface area contributed by atoms with E-state index in [4.69, 9.17) is 17.3 Å². The molecule has 0 atom stereocenters. The van der Waals surface area contributed by atoms with Gasteiger partial charge in [-0.05, 0) is 62.4 Å². The summed E-state index contributed by atoms with van der Waals surface area (Å²) in [4.78, 5) is 0.447. The number of hydrogen-bond donors (Lipinski definition) is 1. The van der Waals surface area contributed by atoms with E-state index >= 15 is 0 Å². The third-order valence-corrected chi connectivity index (χ3v) is 6.54. The van der Waals surface area contributed by atoms with Crippen LogP contribution in [0.5, 0.6) is 0 Å². The molecule has 0 aliphatic heterocycles. The third kappa shape index (κ3) is 2.52. The van der Waals surface area contributed by atoms with Crippen molar-refractivity contribution < 1.29 is 8.42 Å². The molecule has 2 aromatic rings. The number of sulfone groups is 1. The monoisotopic (exact) mass is 338 g/mol. The molecule has 3 rings (SSSR count). The van der Waals surface area contributed by atoms with E-state index in [1.807, 2.05) is 18.4 Å². The highest BCUT2D eigenvalue weighted by atomic mass is 35.5. The first-order chi connectivity index (χ1) is 10.3. The van der Waals surface area contributed by atoms with Gasteiger partial charge < -0.3 is 10.3 Å². The molecule has 22 heavy (non-hydrogen) atoms. The lowest BCUT2D eigenvalue weighted by Gasteiger charge is -2.09. The van der Waals surface area contributed by atoms with Gasteiger partial charge in [0.1, 0.15) is 10.7 Å². The van der Waals surface area contributed by atoms with Crippen molar-refractivity contribution in [2.75, 3.05) is 5.73 Å². The molecule has 118 valence electrons. The van der Waals surface area contributed by atoms with Gasteiger partial charge in [0.05, 0.1) is 4.90 Å². The Morgan fingerprint density at radius 2 is 1.82 bits per heavy atom. The van der Waals surface area contributed by atoms with Gasteiger partial charge in [0.2, 0.25) is 9.84 Å². The summed E-state index contributed by atoms with van der Waals surface area (Å²) in [5.74, 6) is 0.968. The predicted octanol–water partition coefficient (Wildman–Crippen LogP) is 3.58. The van der Waals surface area contributed by atoms with Crippen LogP contribution in [0.3, 0.4) is 0 Å². The Morgan fingerprint density at radius 1 is 1.23 bits per heavy atom. The maximum atomic E-state index is 12.9. The van der Waals surface area contributed by atoms with Crippen molar-refractivity contribution in [3.63, 3.8) is 0 Å². The molecule has 1 aromatic carbocycles. The standard InChI is InChI=1S/C16H19ClN2O2S/c1-10-11(2)19(9-12-3-4-12)16(18)15(10)22(20,21)14-7-5-13(17)6-8-14/h5-8,12H,3-4,9,18H2,1-2H3. The van der Waals surface area contributed by atoms with Crippen LogP contribution in [0.1, 0.15) is 24.1 Å². The van der Waals surface area contributed by atoms with Crippen molar-refractivity contribution >= 4 is 27.3 Å². The number of aromatic nitrogens is 1. The zero-order chi connectivity index (χ0) is 16.1. The normalized spacial score (nSPS) is 15.2. The second-order valence-corrected chi connectivity index (χ2v) is 8.26. The molecule has 0 saturated heterocycles. The van der Waals surface area contributed by atoms with Gasteiger partial charge >= 0.3 is 0 Å². The van der Waals surface area contributed by atoms with Crippen LogP contribution in [0.2, 0.25) is 5.02 Å². The number of anilines is 1. The second kappa shape index (κ2) is 5.32. The van der Waals surface area contributed by atoms with E-state index in [2.05, 4.69) is 0 Å². The fraction of sp³-hybridized carbons (Fsp3) is 0.375.